The molecular weight excluding hydrogens is 731 g/mol. The summed E-state index contributed by atoms with van der Waals surface area (Å²) in [4.78, 5) is 60.8. The van der Waals surface area contributed by atoms with E-state index in [4.69, 9.17) is 29.8 Å². The van der Waals surface area contributed by atoms with Crippen molar-refractivity contribution in [2.45, 2.75) is 91.2 Å². The smallest absolute Gasteiger partial charge is 0.317 e. The Morgan fingerprint density at radius 2 is 1.30 bits per heavy atom. The highest BCUT2D eigenvalue weighted by Crippen LogP contribution is 2.31. The molecule has 290 valence electrons. The fourth-order valence-electron chi connectivity index (χ4n) is 5.68. The molecule has 2 aliphatic heterocycles. The van der Waals surface area contributed by atoms with E-state index in [9.17, 15) is 14.4 Å². The van der Waals surface area contributed by atoms with Crippen molar-refractivity contribution in [3.8, 4) is 29.0 Å². The summed E-state index contributed by atoms with van der Waals surface area (Å²) in [6.07, 6.45) is 11.6. The summed E-state index contributed by atoms with van der Waals surface area (Å²) in [6, 6.07) is 7.26. The highest BCUT2D eigenvalue weighted by molar-refractivity contribution is 6.31. The predicted molar refractivity (Wildman–Crippen MR) is 211 cm³/mol. The first-order valence-corrected chi connectivity index (χ1v) is 18.7. The third kappa shape index (κ3) is 12.9. The lowest BCUT2D eigenvalue weighted by Gasteiger charge is -2.32. The van der Waals surface area contributed by atoms with Gasteiger partial charge in [0.1, 0.15) is 27.8 Å². The monoisotopic (exact) mass is 781 g/mol. The molecule has 2 fully saturated rings. The van der Waals surface area contributed by atoms with Crippen LogP contribution in [0.3, 0.4) is 0 Å². The van der Waals surface area contributed by atoms with E-state index >= 15 is 0 Å². The number of nitrogens with zero attached hydrogens (tertiary/aromatic N) is 6. The van der Waals surface area contributed by atoms with Crippen molar-refractivity contribution < 1.29 is 10.9 Å². The highest BCUT2D eigenvalue weighted by atomic mass is 35.5. The molecule has 54 heavy (non-hydrogen) atoms. The number of urea groups is 1. The Balaban J connectivity index is 0.000000247. The van der Waals surface area contributed by atoms with Crippen molar-refractivity contribution in [2.24, 2.45) is 0 Å². The van der Waals surface area contributed by atoms with Crippen LogP contribution in [0.4, 0.5) is 4.79 Å². The Morgan fingerprint density at radius 1 is 0.870 bits per heavy atom. The van der Waals surface area contributed by atoms with E-state index in [-0.39, 0.29) is 51.2 Å². The SMILES string of the molecule is CC(C)NC(=O)N1CCC(c2nc(-c3ccncc3)[nH]c(=O)c2Cl)CC1.CC(C)OC#N.O=c1[nH]c(-c2ccncc2)nc(C2CCNCC2)c1Cl.[2H]CC. The van der Waals surface area contributed by atoms with E-state index in [1.807, 2.05) is 39.8 Å². The number of hydrogen-bond donors (Lipinski definition) is 4. The number of carbonyl (C=O) groups is 1. The normalized spacial score (nSPS) is 14.6. The van der Waals surface area contributed by atoms with Crippen LogP contribution in [0.2, 0.25) is 10.0 Å². The number of halogens is 2. The minimum atomic E-state index is -0.344. The number of rotatable bonds is 6. The van der Waals surface area contributed by atoms with Gasteiger partial charge in [-0.25, -0.2) is 14.8 Å². The Labute approximate surface area is 327 Å². The van der Waals surface area contributed by atoms with Crippen molar-refractivity contribution in [1.82, 2.24) is 45.4 Å². The number of aromatic nitrogens is 6. The third-order valence-corrected chi connectivity index (χ3v) is 9.01. The maximum absolute atomic E-state index is 12.3. The van der Waals surface area contributed by atoms with Crippen molar-refractivity contribution in [2.75, 3.05) is 26.2 Å². The zero-order chi connectivity index (χ0) is 40.3. The molecule has 4 aromatic heterocycles. The van der Waals surface area contributed by atoms with E-state index in [0.29, 0.717) is 43.0 Å². The van der Waals surface area contributed by atoms with Crippen molar-refractivity contribution in [1.29, 1.82) is 5.26 Å². The number of pyridine rings is 2. The molecule has 0 spiro atoms. The van der Waals surface area contributed by atoms with Crippen LogP contribution in [0.1, 0.15) is 91.8 Å². The van der Waals surface area contributed by atoms with Crippen LogP contribution in [0.25, 0.3) is 22.8 Å². The molecule has 2 saturated heterocycles. The molecule has 6 heterocycles. The topological polar surface area (TPSA) is 195 Å². The molecule has 0 aliphatic carbocycles. The van der Waals surface area contributed by atoms with Crippen molar-refractivity contribution >= 4 is 29.2 Å². The van der Waals surface area contributed by atoms with E-state index < -0.39 is 0 Å². The van der Waals surface area contributed by atoms with Gasteiger partial charge in [-0.2, -0.15) is 5.26 Å². The van der Waals surface area contributed by atoms with Gasteiger partial charge in [-0.15, -0.1) is 0 Å². The average molecular weight is 783 g/mol. The summed E-state index contributed by atoms with van der Waals surface area (Å²) < 4.78 is 10.6. The largest absolute Gasteiger partial charge is 0.425 e. The molecule has 0 atom stereocenters. The van der Waals surface area contributed by atoms with Gasteiger partial charge in [0.15, 0.2) is 0 Å². The summed E-state index contributed by atoms with van der Waals surface area (Å²) >= 11 is 12.4. The zero-order valence-electron chi connectivity index (χ0n) is 32.4. The maximum Gasteiger partial charge on any atom is 0.317 e. The van der Waals surface area contributed by atoms with E-state index in [1.54, 1.807) is 55.0 Å². The van der Waals surface area contributed by atoms with E-state index in [1.165, 1.54) is 0 Å². The number of likely N-dealkylation sites (tertiary alicyclic amines) is 1. The van der Waals surface area contributed by atoms with Gasteiger partial charge >= 0.3 is 6.03 Å². The Bertz CT molecular complexity index is 1930. The first-order valence-electron chi connectivity index (χ1n) is 18.6. The minimum absolute atomic E-state index is 0.0370. The average Bonchev–Trinajstić information content (AvgIpc) is 3.18. The summed E-state index contributed by atoms with van der Waals surface area (Å²) in [5.74, 6) is 1.33. The number of piperidine rings is 2. The Morgan fingerprint density at radius 3 is 1.67 bits per heavy atom. The quantitative estimate of drug-likeness (QED) is 0.154. The molecule has 14 nitrogen and oxygen atoms in total. The lowest BCUT2D eigenvalue weighted by molar-refractivity contribution is 0.178. The van der Waals surface area contributed by atoms with Gasteiger partial charge in [0.2, 0.25) is 0 Å². The number of carbonyl (C=O) groups excluding carboxylic acids is 1. The summed E-state index contributed by atoms with van der Waals surface area (Å²) in [6.45, 7) is 12.9. The van der Waals surface area contributed by atoms with Crippen LogP contribution in [-0.2, 0) is 4.74 Å². The standard InChI is InChI=1S/C18H22ClN5O2.C14H15ClN4O.C4H7NO.C2H6/c1-11(2)21-18(26)24-9-5-12(6-10-24)15-14(19)17(25)23-16(22-15)13-3-7-20-8-4-13;15-11-12(9-1-5-16-6-2-9)18-13(19-14(11)20)10-3-7-17-8-4-10;1-4(2)6-3-5;1-2/h3-4,7-8,11-12H,5-6,9-10H2,1-2H3,(H,21,26)(H,22,23,25);3-4,7-9,16H,1-2,5-6H2,(H,18,19,20);4H,1-2H3;1-2H3/i;;;1D. The molecule has 4 N–H and O–H groups in total. The third-order valence-electron chi connectivity index (χ3n) is 8.28. The number of ether oxygens (including phenoxy) is 1. The van der Waals surface area contributed by atoms with Crippen LogP contribution < -0.4 is 21.8 Å². The molecule has 2 amide bonds. The van der Waals surface area contributed by atoms with Crippen molar-refractivity contribution in [3.05, 3.63) is 91.2 Å². The van der Waals surface area contributed by atoms with Crippen LogP contribution in [-0.4, -0.2) is 79.2 Å². The lowest BCUT2D eigenvalue weighted by Crippen LogP contribution is -2.46. The maximum atomic E-state index is 12.3. The lowest BCUT2D eigenvalue weighted by atomic mass is 9.93. The van der Waals surface area contributed by atoms with Gasteiger partial charge in [0.25, 0.3) is 17.4 Å². The van der Waals surface area contributed by atoms with Crippen LogP contribution in [0, 0.1) is 11.5 Å². The van der Waals surface area contributed by atoms with Gasteiger partial charge in [-0.05, 0) is 90.7 Å². The molecule has 0 radical (unpaired) electrons. The second-order valence-electron chi connectivity index (χ2n) is 12.8. The van der Waals surface area contributed by atoms with Crippen LogP contribution in [0.15, 0.2) is 58.6 Å². The number of hydrogen-bond acceptors (Lipinski definition) is 10. The fourth-order valence-corrected chi connectivity index (χ4v) is 6.17. The Kier molecular flexibility index (Phi) is 17.4. The fraction of sp³-hybridized carbons (Fsp3) is 0.474. The molecule has 6 rings (SSSR count). The molecular formula is C38H50Cl2N10O4. The molecule has 0 unspecified atom stereocenters. The summed E-state index contributed by atoms with van der Waals surface area (Å²) in [5.41, 5.74) is 2.31. The first kappa shape index (κ1) is 41.9. The molecule has 0 aromatic carbocycles. The van der Waals surface area contributed by atoms with Gasteiger partial charge in [-0.3, -0.25) is 19.6 Å². The predicted octanol–water partition coefficient (Wildman–Crippen LogP) is 6.65. The highest BCUT2D eigenvalue weighted by Gasteiger charge is 2.28. The number of amides is 2. The zero-order valence-corrected chi connectivity index (χ0v) is 32.9. The molecule has 16 heteroatoms. The van der Waals surface area contributed by atoms with Gasteiger partial charge in [-0.1, -0.05) is 37.0 Å². The second kappa shape index (κ2) is 22.4. The van der Waals surface area contributed by atoms with Gasteiger partial charge in [0, 0.05) is 68.3 Å². The molecule has 0 bridgehead atoms. The van der Waals surface area contributed by atoms with Crippen LogP contribution in [0.5, 0.6) is 0 Å². The summed E-state index contributed by atoms with van der Waals surface area (Å²) in [5, 5.41) is 14.3. The molecule has 0 saturated carbocycles. The van der Waals surface area contributed by atoms with E-state index in [0.717, 1.165) is 49.9 Å². The van der Waals surface area contributed by atoms with Crippen LogP contribution >= 0.6 is 23.2 Å². The minimum Gasteiger partial charge on any atom is -0.425 e. The van der Waals surface area contributed by atoms with Gasteiger partial charge < -0.3 is 30.2 Å². The number of aromatic amines is 2. The Hall–Kier alpha value is -4.84. The number of nitrogens with one attached hydrogen (secondary N) is 4. The molecule has 4 aromatic rings. The van der Waals surface area contributed by atoms with E-state index in [2.05, 4.69) is 45.3 Å². The van der Waals surface area contributed by atoms with Crippen molar-refractivity contribution in [3.63, 3.8) is 0 Å². The number of nitriles is 1. The van der Waals surface area contributed by atoms with Gasteiger partial charge in [0.05, 0.1) is 11.4 Å². The molecule has 2 aliphatic rings. The first-order chi connectivity index (χ1) is 26.4. The number of H-pyrrole nitrogens is 2. The summed E-state index contributed by atoms with van der Waals surface area (Å²) in [7, 11) is 0. The second-order valence-corrected chi connectivity index (χ2v) is 13.6.